The quantitative estimate of drug-likeness (QED) is 0.760. The van der Waals surface area contributed by atoms with Gasteiger partial charge in [-0.1, -0.05) is 55.0 Å². The number of benzene rings is 2. The Morgan fingerprint density at radius 1 is 1.09 bits per heavy atom. The van der Waals surface area contributed by atoms with Crippen LogP contribution in [-0.4, -0.2) is 10.9 Å². The SMILES string of the molecule is Cc1ccc(C(C)CC(=O)Nc2cccc3cccnc23)cc1. The van der Waals surface area contributed by atoms with Crippen LogP contribution in [0.4, 0.5) is 5.69 Å². The topological polar surface area (TPSA) is 42.0 Å². The Hall–Kier alpha value is -2.68. The van der Waals surface area contributed by atoms with Crippen molar-refractivity contribution in [1.82, 2.24) is 4.98 Å². The second kappa shape index (κ2) is 6.61. The van der Waals surface area contributed by atoms with Crippen molar-refractivity contribution < 1.29 is 4.79 Å². The maximum atomic E-state index is 12.4. The van der Waals surface area contributed by atoms with Crippen molar-refractivity contribution in [2.24, 2.45) is 0 Å². The molecule has 0 radical (unpaired) electrons. The van der Waals surface area contributed by atoms with E-state index in [1.165, 1.54) is 11.1 Å². The number of nitrogens with zero attached hydrogens (tertiary/aromatic N) is 1. The smallest absolute Gasteiger partial charge is 0.225 e. The number of anilines is 1. The number of fused-ring (bicyclic) bond motifs is 1. The molecular weight excluding hydrogens is 284 g/mol. The zero-order valence-corrected chi connectivity index (χ0v) is 13.4. The molecule has 1 amide bonds. The van der Waals surface area contributed by atoms with Gasteiger partial charge >= 0.3 is 0 Å². The molecule has 1 atom stereocenters. The van der Waals surface area contributed by atoms with E-state index in [1.807, 2.05) is 30.3 Å². The predicted molar refractivity (Wildman–Crippen MR) is 94.6 cm³/mol. The molecule has 116 valence electrons. The van der Waals surface area contributed by atoms with Crippen LogP contribution in [0.2, 0.25) is 0 Å². The summed E-state index contributed by atoms with van der Waals surface area (Å²) in [6.07, 6.45) is 2.19. The van der Waals surface area contributed by atoms with Gasteiger partial charge in [-0.15, -0.1) is 0 Å². The van der Waals surface area contributed by atoms with Gasteiger partial charge in [-0.3, -0.25) is 9.78 Å². The van der Waals surface area contributed by atoms with E-state index in [9.17, 15) is 4.79 Å². The van der Waals surface area contributed by atoms with Gasteiger partial charge in [-0.25, -0.2) is 0 Å². The first kappa shape index (κ1) is 15.2. The van der Waals surface area contributed by atoms with Crippen molar-refractivity contribution in [3.8, 4) is 0 Å². The molecule has 1 aromatic heterocycles. The first-order valence-electron chi connectivity index (χ1n) is 7.83. The summed E-state index contributed by atoms with van der Waals surface area (Å²) in [6.45, 7) is 4.14. The summed E-state index contributed by atoms with van der Waals surface area (Å²) in [5.41, 5.74) is 4.00. The lowest BCUT2D eigenvalue weighted by atomic mass is 9.96. The minimum Gasteiger partial charge on any atom is -0.324 e. The van der Waals surface area contributed by atoms with Gasteiger partial charge in [0.2, 0.25) is 5.91 Å². The third kappa shape index (κ3) is 3.57. The van der Waals surface area contributed by atoms with Crippen LogP contribution in [-0.2, 0) is 4.79 Å². The highest BCUT2D eigenvalue weighted by molar-refractivity contribution is 6.00. The molecule has 23 heavy (non-hydrogen) atoms. The van der Waals surface area contributed by atoms with Crippen LogP contribution in [0.15, 0.2) is 60.8 Å². The number of aromatic nitrogens is 1. The van der Waals surface area contributed by atoms with E-state index in [0.717, 1.165) is 16.6 Å². The van der Waals surface area contributed by atoms with Crippen molar-refractivity contribution in [2.75, 3.05) is 5.32 Å². The number of rotatable bonds is 4. The molecule has 3 rings (SSSR count). The number of hydrogen-bond donors (Lipinski definition) is 1. The van der Waals surface area contributed by atoms with Crippen LogP contribution in [0.5, 0.6) is 0 Å². The Labute approximate surface area is 136 Å². The Kier molecular flexibility index (Phi) is 4.38. The van der Waals surface area contributed by atoms with Crippen LogP contribution in [0.1, 0.15) is 30.4 Å². The summed E-state index contributed by atoms with van der Waals surface area (Å²) in [5, 5.41) is 4.02. The van der Waals surface area contributed by atoms with Crippen molar-refractivity contribution in [1.29, 1.82) is 0 Å². The average Bonchev–Trinajstić information content (AvgIpc) is 2.55. The summed E-state index contributed by atoms with van der Waals surface area (Å²) >= 11 is 0. The van der Waals surface area contributed by atoms with Gasteiger partial charge in [0.25, 0.3) is 0 Å². The summed E-state index contributed by atoms with van der Waals surface area (Å²) in [7, 11) is 0. The summed E-state index contributed by atoms with van der Waals surface area (Å²) < 4.78 is 0. The molecule has 0 aliphatic heterocycles. The molecule has 2 aromatic carbocycles. The van der Waals surface area contributed by atoms with Gasteiger partial charge < -0.3 is 5.32 Å². The van der Waals surface area contributed by atoms with Crippen LogP contribution < -0.4 is 5.32 Å². The van der Waals surface area contributed by atoms with Gasteiger partial charge in [0.1, 0.15) is 0 Å². The number of nitrogens with one attached hydrogen (secondary N) is 1. The van der Waals surface area contributed by atoms with E-state index in [0.29, 0.717) is 6.42 Å². The first-order chi connectivity index (χ1) is 11.1. The largest absolute Gasteiger partial charge is 0.324 e. The molecule has 0 aliphatic carbocycles. The monoisotopic (exact) mass is 304 g/mol. The lowest BCUT2D eigenvalue weighted by Crippen LogP contribution is -2.14. The van der Waals surface area contributed by atoms with E-state index < -0.39 is 0 Å². The average molecular weight is 304 g/mol. The second-order valence-electron chi connectivity index (χ2n) is 5.94. The molecule has 0 bridgehead atoms. The van der Waals surface area contributed by atoms with Crippen molar-refractivity contribution >= 4 is 22.5 Å². The third-order valence-electron chi connectivity index (χ3n) is 4.04. The predicted octanol–water partition coefficient (Wildman–Crippen LogP) is 4.68. The lowest BCUT2D eigenvalue weighted by molar-refractivity contribution is -0.116. The zero-order chi connectivity index (χ0) is 16.2. The van der Waals surface area contributed by atoms with Gasteiger partial charge in [0, 0.05) is 18.0 Å². The highest BCUT2D eigenvalue weighted by atomic mass is 16.1. The Morgan fingerprint density at radius 2 is 1.83 bits per heavy atom. The van der Waals surface area contributed by atoms with Crippen LogP contribution in [0, 0.1) is 6.92 Å². The molecule has 1 heterocycles. The molecule has 3 nitrogen and oxygen atoms in total. The molecule has 1 unspecified atom stereocenters. The standard InChI is InChI=1S/C20H20N2O/c1-14-8-10-16(11-9-14)15(2)13-19(23)22-18-7-3-5-17-6-4-12-21-20(17)18/h3-12,15H,13H2,1-2H3,(H,22,23). The highest BCUT2D eigenvalue weighted by Gasteiger charge is 2.12. The zero-order valence-electron chi connectivity index (χ0n) is 13.4. The summed E-state index contributed by atoms with van der Waals surface area (Å²) in [4.78, 5) is 16.7. The normalized spacial score (nSPS) is 12.1. The third-order valence-corrected chi connectivity index (χ3v) is 4.04. The highest BCUT2D eigenvalue weighted by Crippen LogP contribution is 2.23. The number of carbonyl (C=O) groups is 1. The van der Waals surface area contributed by atoms with Gasteiger partial charge in [0.05, 0.1) is 11.2 Å². The van der Waals surface area contributed by atoms with Crippen LogP contribution in [0.3, 0.4) is 0 Å². The van der Waals surface area contributed by atoms with Gasteiger partial charge in [0.15, 0.2) is 0 Å². The van der Waals surface area contributed by atoms with E-state index in [1.54, 1.807) is 6.20 Å². The Balaban J connectivity index is 1.72. The number of amides is 1. The number of hydrogen-bond acceptors (Lipinski definition) is 2. The van der Waals surface area contributed by atoms with Crippen molar-refractivity contribution in [3.63, 3.8) is 0 Å². The fraction of sp³-hybridized carbons (Fsp3) is 0.200. The first-order valence-corrected chi connectivity index (χ1v) is 7.83. The molecule has 0 saturated heterocycles. The number of aryl methyl sites for hydroxylation is 1. The molecule has 0 fully saturated rings. The van der Waals surface area contributed by atoms with Crippen molar-refractivity contribution in [2.45, 2.75) is 26.2 Å². The van der Waals surface area contributed by atoms with Crippen molar-refractivity contribution in [3.05, 3.63) is 71.9 Å². The fourth-order valence-electron chi connectivity index (χ4n) is 2.70. The minimum absolute atomic E-state index is 0.0104. The molecule has 3 heteroatoms. The maximum absolute atomic E-state index is 12.4. The van der Waals surface area contributed by atoms with Gasteiger partial charge in [-0.05, 0) is 30.5 Å². The Bertz CT molecular complexity index is 819. The van der Waals surface area contributed by atoms with E-state index in [2.05, 4.69) is 48.4 Å². The van der Waals surface area contributed by atoms with E-state index in [-0.39, 0.29) is 11.8 Å². The number of pyridine rings is 1. The Morgan fingerprint density at radius 3 is 2.61 bits per heavy atom. The van der Waals surface area contributed by atoms with E-state index in [4.69, 9.17) is 0 Å². The molecule has 3 aromatic rings. The fourth-order valence-corrected chi connectivity index (χ4v) is 2.70. The maximum Gasteiger partial charge on any atom is 0.225 e. The van der Waals surface area contributed by atoms with E-state index >= 15 is 0 Å². The molecule has 0 aliphatic rings. The van der Waals surface area contributed by atoms with Crippen LogP contribution in [0.25, 0.3) is 10.9 Å². The number of carbonyl (C=O) groups excluding carboxylic acids is 1. The molecule has 0 saturated carbocycles. The summed E-state index contributed by atoms with van der Waals surface area (Å²) in [6, 6.07) is 18.1. The molecule has 0 spiro atoms. The van der Waals surface area contributed by atoms with Gasteiger partial charge in [-0.2, -0.15) is 0 Å². The summed E-state index contributed by atoms with van der Waals surface area (Å²) in [5.74, 6) is 0.190. The number of para-hydroxylation sites is 1. The lowest BCUT2D eigenvalue weighted by Gasteiger charge is -2.13. The molecule has 1 N–H and O–H groups in total. The second-order valence-corrected chi connectivity index (χ2v) is 5.94. The molecular formula is C20H20N2O. The minimum atomic E-state index is 0.0104. The van der Waals surface area contributed by atoms with Crippen LogP contribution >= 0.6 is 0 Å².